The SMILES string of the molecule is CC(OC(=O)NC(C)(C)C)C(N)(CCN)C(C)OC(=O)NC(C)(C)C. The van der Waals surface area contributed by atoms with Gasteiger partial charge in [0.15, 0.2) is 0 Å². The smallest absolute Gasteiger partial charge is 0.407 e. The number of nitrogens with one attached hydrogen (secondary N) is 2. The zero-order valence-corrected chi connectivity index (χ0v) is 16.9. The van der Waals surface area contributed by atoms with E-state index in [1.807, 2.05) is 41.5 Å². The van der Waals surface area contributed by atoms with Crippen molar-refractivity contribution >= 4 is 12.2 Å². The molecule has 0 aliphatic carbocycles. The van der Waals surface area contributed by atoms with E-state index in [2.05, 4.69) is 10.6 Å². The maximum absolute atomic E-state index is 12.0. The van der Waals surface area contributed by atoms with Crippen LogP contribution in [-0.2, 0) is 9.47 Å². The lowest BCUT2D eigenvalue weighted by Gasteiger charge is -2.39. The van der Waals surface area contributed by atoms with Crippen molar-refractivity contribution in [1.82, 2.24) is 10.6 Å². The minimum atomic E-state index is -1.11. The molecule has 148 valence electrons. The van der Waals surface area contributed by atoms with E-state index < -0.39 is 41.0 Å². The first-order valence-electron chi connectivity index (χ1n) is 8.57. The fraction of sp³-hybridized carbons (Fsp3) is 0.882. The Morgan fingerprint density at radius 3 is 1.44 bits per heavy atom. The second kappa shape index (κ2) is 8.71. The van der Waals surface area contributed by atoms with Gasteiger partial charge in [-0.15, -0.1) is 0 Å². The summed E-state index contributed by atoms with van der Waals surface area (Å²) < 4.78 is 10.8. The number of hydrogen-bond acceptors (Lipinski definition) is 6. The summed E-state index contributed by atoms with van der Waals surface area (Å²) in [5, 5.41) is 5.41. The molecule has 2 amide bonds. The normalized spacial score (nSPS) is 17.0. The van der Waals surface area contributed by atoms with Crippen LogP contribution >= 0.6 is 0 Å². The van der Waals surface area contributed by atoms with E-state index in [1.165, 1.54) is 0 Å². The van der Waals surface area contributed by atoms with Gasteiger partial charge in [-0.05, 0) is 68.4 Å². The van der Waals surface area contributed by atoms with Crippen LogP contribution in [0, 0.1) is 0 Å². The average Bonchev–Trinajstić information content (AvgIpc) is 2.33. The summed E-state index contributed by atoms with van der Waals surface area (Å²) >= 11 is 0. The average molecular weight is 360 g/mol. The van der Waals surface area contributed by atoms with Gasteiger partial charge in [-0.1, -0.05) is 0 Å². The van der Waals surface area contributed by atoms with Gasteiger partial charge < -0.3 is 31.6 Å². The van der Waals surface area contributed by atoms with Gasteiger partial charge in [-0.25, -0.2) is 9.59 Å². The molecule has 2 unspecified atom stereocenters. The molecule has 0 radical (unpaired) electrons. The summed E-state index contributed by atoms with van der Waals surface area (Å²) in [5.41, 5.74) is 10.1. The largest absolute Gasteiger partial charge is 0.444 e. The molecule has 6 N–H and O–H groups in total. The van der Waals surface area contributed by atoms with Crippen molar-refractivity contribution < 1.29 is 19.1 Å². The molecule has 0 saturated heterocycles. The van der Waals surface area contributed by atoms with Gasteiger partial charge in [0.2, 0.25) is 0 Å². The van der Waals surface area contributed by atoms with Crippen LogP contribution in [0.2, 0.25) is 0 Å². The molecule has 0 aliphatic heterocycles. The van der Waals surface area contributed by atoms with Crippen LogP contribution in [-0.4, -0.2) is 47.6 Å². The van der Waals surface area contributed by atoms with E-state index in [0.29, 0.717) is 6.42 Å². The third-order valence-corrected chi connectivity index (χ3v) is 3.61. The van der Waals surface area contributed by atoms with Crippen molar-refractivity contribution in [3.63, 3.8) is 0 Å². The Morgan fingerprint density at radius 2 is 1.20 bits per heavy atom. The number of alkyl carbamates (subject to hydrolysis) is 2. The van der Waals surface area contributed by atoms with Gasteiger partial charge in [0.1, 0.15) is 12.2 Å². The molecule has 8 heteroatoms. The third kappa shape index (κ3) is 8.92. The van der Waals surface area contributed by atoms with Crippen LogP contribution < -0.4 is 22.1 Å². The third-order valence-electron chi connectivity index (χ3n) is 3.61. The summed E-state index contributed by atoms with van der Waals surface area (Å²) in [4.78, 5) is 24.0. The summed E-state index contributed by atoms with van der Waals surface area (Å²) in [5.74, 6) is 0. The Balaban J connectivity index is 5.06. The van der Waals surface area contributed by atoms with Crippen LogP contribution in [0.1, 0.15) is 61.8 Å². The highest BCUT2D eigenvalue weighted by Gasteiger charge is 2.42. The van der Waals surface area contributed by atoms with E-state index in [-0.39, 0.29) is 6.54 Å². The molecular weight excluding hydrogens is 324 g/mol. The number of ether oxygens (including phenoxy) is 2. The molecule has 0 rings (SSSR count). The second-order valence-corrected chi connectivity index (χ2v) is 8.50. The lowest BCUT2D eigenvalue weighted by molar-refractivity contribution is -0.0189. The van der Waals surface area contributed by atoms with Gasteiger partial charge in [-0.2, -0.15) is 0 Å². The lowest BCUT2D eigenvalue weighted by atomic mass is 9.85. The highest BCUT2D eigenvalue weighted by molar-refractivity contribution is 5.69. The fourth-order valence-electron chi connectivity index (χ4n) is 2.20. The number of carbonyl (C=O) groups is 2. The number of rotatable bonds is 6. The minimum absolute atomic E-state index is 0.264. The zero-order chi connectivity index (χ0) is 20.1. The van der Waals surface area contributed by atoms with Crippen molar-refractivity contribution in [1.29, 1.82) is 0 Å². The van der Waals surface area contributed by atoms with Crippen LogP contribution in [0.4, 0.5) is 9.59 Å². The number of amides is 2. The summed E-state index contributed by atoms with van der Waals surface area (Å²) in [6.07, 6.45) is -2.27. The van der Waals surface area contributed by atoms with Gasteiger partial charge in [0, 0.05) is 11.1 Å². The molecule has 0 aromatic rings. The first-order chi connectivity index (χ1) is 11.1. The van der Waals surface area contributed by atoms with E-state index in [9.17, 15) is 9.59 Å². The maximum atomic E-state index is 12.0. The maximum Gasteiger partial charge on any atom is 0.407 e. The monoisotopic (exact) mass is 360 g/mol. The molecule has 0 heterocycles. The molecule has 0 aromatic carbocycles. The Bertz CT molecular complexity index is 419. The molecule has 25 heavy (non-hydrogen) atoms. The summed E-state index contributed by atoms with van der Waals surface area (Å²) in [6.45, 7) is 14.7. The minimum Gasteiger partial charge on any atom is -0.444 e. The van der Waals surface area contributed by atoms with Crippen molar-refractivity contribution in [2.45, 2.75) is 90.6 Å². The van der Waals surface area contributed by atoms with Crippen LogP contribution in [0.3, 0.4) is 0 Å². The predicted octanol–water partition coefficient (Wildman–Crippen LogP) is 1.86. The van der Waals surface area contributed by atoms with Gasteiger partial charge >= 0.3 is 12.2 Å². The Morgan fingerprint density at radius 1 is 0.880 bits per heavy atom. The first-order valence-corrected chi connectivity index (χ1v) is 8.57. The lowest BCUT2D eigenvalue weighted by Crippen LogP contribution is -2.62. The van der Waals surface area contributed by atoms with Crippen LogP contribution in [0.5, 0.6) is 0 Å². The molecule has 2 atom stereocenters. The topological polar surface area (TPSA) is 129 Å². The molecule has 0 aliphatic rings. The van der Waals surface area contributed by atoms with Crippen molar-refractivity contribution in [3.05, 3.63) is 0 Å². The van der Waals surface area contributed by atoms with Crippen molar-refractivity contribution in [2.24, 2.45) is 11.5 Å². The molecule has 0 spiro atoms. The fourth-order valence-corrected chi connectivity index (χ4v) is 2.20. The molecule has 8 nitrogen and oxygen atoms in total. The summed E-state index contributed by atoms with van der Waals surface area (Å²) in [6, 6.07) is 0. The van der Waals surface area contributed by atoms with Gasteiger partial charge in [-0.3, -0.25) is 0 Å². The van der Waals surface area contributed by atoms with Crippen molar-refractivity contribution in [3.8, 4) is 0 Å². The number of hydrogen-bond donors (Lipinski definition) is 4. The Labute approximate surface area is 151 Å². The molecule has 0 fully saturated rings. The summed E-state index contributed by atoms with van der Waals surface area (Å²) in [7, 11) is 0. The van der Waals surface area contributed by atoms with E-state index >= 15 is 0 Å². The highest BCUT2D eigenvalue weighted by atomic mass is 16.6. The van der Waals surface area contributed by atoms with Gasteiger partial charge in [0.05, 0.1) is 5.54 Å². The van der Waals surface area contributed by atoms with E-state index in [0.717, 1.165) is 0 Å². The molecule has 0 bridgehead atoms. The molecule has 0 aromatic heterocycles. The second-order valence-electron chi connectivity index (χ2n) is 8.50. The number of carbonyl (C=O) groups excluding carboxylic acids is 2. The van der Waals surface area contributed by atoms with Gasteiger partial charge in [0.25, 0.3) is 0 Å². The quantitative estimate of drug-likeness (QED) is 0.572. The standard InChI is InChI=1S/C17H36N4O4/c1-11(24-13(22)20-15(3,4)5)17(19,9-10-18)12(2)25-14(23)21-16(6,7)8/h11-12H,9-10,18-19H2,1-8H3,(H,20,22)(H,21,23). The Kier molecular flexibility index (Phi) is 8.17. The molecule has 0 saturated carbocycles. The number of nitrogens with two attached hydrogens (primary N) is 2. The van der Waals surface area contributed by atoms with E-state index in [4.69, 9.17) is 20.9 Å². The molecular formula is C17H36N4O4. The first kappa shape index (κ1) is 23.5. The van der Waals surface area contributed by atoms with Crippen LogP contribution in [0.15, 0.2) is 0 Å². The zero-order valence-electron chi connectivity index (χ0n) is 16.9. The Hall–Kier alpha value is -1.54. The predicted molar refractivity (Wildman–Crippen MR) is 98.3 cm³/mol. The highest BCUT2D eigenvalue weighted by Crippen LogP contribution is 2.23. The van der Waals surface area contributed by atoms with E-state index in [1.54, 1.807) is 13.8 Å². The van der Waals surface area contributed by atoms with Crippen LogP contribution in [0.25, 0.3) is 0 Å². The van der Waals surface area contributed by atoms with Crippen molar-refractivity contribution in [2.75, 3.05) is 6.54 Å².